The van der Waals surface area contributed by atoms with Crippen LogP contribution in [0.2, 0.25) is 18.1 Å². The molecule has 1 saturated carbocycles. The quantitative estimate of drug-likeness (QED) is 0.456. The minimum Gasteiger partial charge on any atom is -0.457 e. The minimum absolute atomic E-state index is 0.0368. The van der Waals surface area contributed by atoms with Gasteiger partial charge in [-0.2, -0.15) is 0 Å². The van der Waals surface area contributed by atoms with Crippen molar-refractivity contribution < 1.29 is 24.2 Å². The number of fused-ring (bicyclic) bond motifs is 2. The van der Waals surface area contributed by atoms with E-state index in [1.807, 2.05) is 0 Å². The fourth-order valence-electron chi connectivity index (χ4n) is 2.41. The average Bonchev–Trinajstić information content (AvgIpc) is 2.57. The molecule has 1 aliphatic heterocycles. The molecule has 1 saturated heterocycles. The van der Waals surface area contributed by atoms with E-state index in [1.165, 1.54) is 0 Å². The molecule has 5 nitrogen and oxygen atoms in total. The molecule has 2 aliphatic rings. The normalized spacial score (nSPS) is 41.7. The van der Waals surface area contributed by atoms with Crippen molar-refractivity contribution >= 4 is 25.9 Å². The van der Waals surface area contributed by atoms with Crippen molar-refractivity contribution in [1.29, 1.82) is 0 Å². The summed E-state index contributed by atoms with van der Waals surface area (Å²) >= 11 is 6.07. The number of aliphatic hydroxyl groups is 2. The summed E-state index contributed by atoms with van der Waals surface area (Å²) < 4.78 is 11.3. The standard InChI is InChI=1S/C13H23ClO5Si/c1-12(2,3)20(4,5)19-9-7-6-13(17,11(16)18-7)10(14)8(9)15/h7-10,15,17H,6H2,1-5H3. The Morgan fingerprint density at radius 2 is 2.00 bits per heavy atom. The predicted octanol–water partition coefficient (Wildman–Crippen LogP) is 1.41. The topological polar surface area (TPSA) is 76.0 Å². The maximum absolute atomic E-state index is 11.7. The molecule has 2 bridgehead atoms. The number of hydrogen-bond acceptors (Lipinski definition) is 5. The molecule has 0 aromatic carbocycles. The lowest BCUT2D eigenvalue weighted by atomic mass is 9.82. The van der Waals surface area contributed by atoms with E-state index in [0.717, 1.165) is 0 Å². The highest BCUT2D eigenvalue weighted by atomic mass is 35.5. The largest absolute Gasteiger partial charge is 0.457 e. The summed E-state index contributed by atoms with van der Waals surface area (Å²) in [6.07, 6.45) is -2.35. The molecule has 0 radical (unpaired) electrons. The van der Waals surface area contributed by atoms with Crippen molar-refractivity contribution in [3.05, 3.63) is 0 Å². The van der Waals surface area contributed by atoms with E-state index in [2.05, 4.69) is 33.9 Å². The summed E-state index contributed by atoms with van der Waals surface area (Å²) in [6.45, 7) is 10.4. The number of carbonyl (C=O) groups is 1. The fraction of sp³-hybridized carbons (Fsp3) is 0.923. The Kier molecular flexibility index (Phi) is 3.80. The summed E-state index contributed by atoms with van der Waals surface area (Å²) in [5, 5.41) is 19.4. The fourth-order valence-corrected chi connectivity index (χ4v) is 4.06. The van der Waals surface area contributed by atoms with Crippen molar-refractivity contribution in [1.82, 2.24) is 0 Å². The van der Waals surface area contributed by atoms with Gasteiger partial charge in [-0.1, -0.05) is 20.8 Å². The van der Waals surface area contributed by atoms with Gasteiger partial charge in [0.1, 0.15) is 23.7 Å². The smallest absolute Gasteiger partial charge is 0.340 e. The van der Waals surface area contributed by atoms with Crippen LogP contribution in [0.1, 0.15) is 27.2 Å². The van der Waals surface area contributed by atoms with Gasteiger partial charge in [0.15, 0.2) is 13.9 Å². The van der Waals surface area contributed by atoms with Crippen LogP contribution in [0.5, 0.6) is 0 Å². The number of alkyl halides is 1. The maximum atomic E-state index is 11.7. The Hall–Kier alpha value is -0.143. The van der Waals surface area contributed by atoms with Gasteiger partial charge in [-0.05, 0) is 18.1 Å². The molecule has 7 heteroatoms. The summed E-state index contributed by atoms with van der Waals surface area (Å²) in [7, 11) is -2.14. The van der Waals surface area contributed by atoms with Gasteiger partial charge in [-0.3, -0.25) is 0 Å². The molecule has 2 N–H and O–H groups in total. The zero-order valence-corrected chi connectivity index (χ0v) is 14.3. The Bertz CT molecular complexity index is 421. The van der Waals surface area contributed by atoms with Crippen LogP contribution >= 0.6 is 11.6 Å². The highest BCUT2D eigenvalue weighted by Crippen LogP contribution is 2.45. The first-order valence-corrected chi connectivity index (χ1v) is 10.2. The van der Waals surface area contributed by atoms with Crippen molar-refractivity contribution in [3.63, 3.8) is 0 Å². The third-order valence-corrected chi connectivity index (χ3v) is 9.91. The number of carbonyl (C=O) groups excluding carboxylic acids is 1. The molecule has 1 heterocycles. The number of ether oxygens (including phenoxy) is 1. The third-order valence-electron chi connectivity index (χ3n) is 4.82. The monoisotopic (exact) mass is 322 g/mol. The summed E-state index contributed by atoms with van der Waals surface area (Å²) in [5.41, 5.74) is -1.79. The first kappa shape index (κ1) is 16.2. The van der Waals surface area contributed by atoms with Gasteiger partial charge in [0.25, 0.3) is 0 Å². The second-order valence-electron chi connectivity index (χ2n) is 7.31. The summed E-state index contributed by atoms with van der Waals surface area (Å²) in [4.78, 5) is 11.7. The van der Waals surface area contributed by atoms with Gasteiger partial charge < -0.3 is 19.4 Å². The van der Waals surface area contributed by atoms with Gasteiger partial charge in [0.05, 0.1) is 0 Å². The lowest BCUT2D eigenvalue weighted by molar-refractivity contribution is -0.154. The molecular formula is C13H23ClO5Si. The van der Waals surface area contributed by atoms with E-state index in [9.17, 15) is 15.0 Å². The van der Waals surface area contributed by atoms with Crippen LogP contribution in [0.3, 0.4) is 0 Å². The Balaban J connectivity index is 2.24. The molecular weight excluding hydrogens is 300 g/mol. The Labute approximate surface area is 125 Å². The molecule has 0 aromatic rings. The first-order chi connectivity index (χ1) is 8.90. The molecule has 5 atom stereocenters. The van der Waals surface area contributed by atoms with Gasteiger partial charge in [-0.15, -0.1) is 11.6 Å². The molecule has 2 rings (SSSR count). The summed E-state index contributed by atoms with van der Waals surface area (Å²) in [6, 6.07) is 0. The second kappa shape index (κ2) is 4.68. The average molecular weight is 323 g/mol. The van der Waals surface area contributed by atoms with Gasteiger partial charge in [0, 0.05) is 6.42 Å². The number of rotatable bonds is 2. The predicted molar refractivity (Wildman–Crippen MR) is 77.2 cm³/mol. The molecule has 20 heavy (non-hydrogen) atoms. The zero-order chi connectivity index (χ0) is 15.5. The molecule has 0 amide bonds. The van der Waals surface area contributed by atoms with E-state index in [-0.39, 0.29) is 11.5 Å². The van der Waals surface area contributed by atoms with Gasteiger partial charge >= 0.3 is 5.97 Å². The first-order valence-electron chi connectivity index (χ1n) is 6.83. The van der Waals surface area contributed by atoms with Gasteiger partial charge in [-0.25, -0.2) is 4.79 Å². The minimum atomic E-state index is -2.14. The van der Waals surface area contributed by atoms with Crippen molar-refractivity contribution in [2.24, 2.45) is 0 Å². The zero-order valence-electron chi connectivity index (χ0n) is 12.5. The number of esters is 1. The van der Waals surface area contributed by atoms with Crippen LogP contribution in [0.15, 0.2) is 0 Å². The summed E-state index contributed by atoms with van der Waals surface area (Å²) in [5.74, 6) is -0.761. The van der Waals surface area contributed by atoms with E-state index in [0.29, 0.717) is 0 Å². The van der Waals surface area contributed by atoms with Crippen molar-refractivity contribution in [3.8, 4) is 0 Å². The van der Waals surface area contributed by atoms with Crippen LogP contribution < -0.4 is 0 Å². The number of halogens is 1. The molecule has 5 unspecified atom stereocenters. The van der Waals surface area contributed by atoms with E-state index < -0.39 is 43.6 Å². The van der Waals surface area contributed by atoms with E-state index in [1.54, 1.807) is 0 Å². The third kappa shape index (κ3) is 2.31. The van der Waals surface area contributed by atoms with Crippen molar-refractivity contribution in [2.45, 2.75) is 74.6 Å². The molecule has 116 valence electrons. The Morgan fingerprint density at radius 1 is 1.45 bits per heavy atom. The molecule has 2 fully saturated rings. The van der Waals surface area contributed by atoms with E-state index >= 15 is 0 Å². The number of hydrogen-bond donors (Lipinski definition) is 2. The second-order valence-corrected chi connectivity index (χ2v) is 12.5. The van der Waals surface area contributed by atoms with Crippen LogP contribution in [-0.4, -0.2) is 53.8 Å². The van der Waals surface area contributed by atoms with E-state index in [4.69, 9.17) is 20.8 Å². The maximum Gasteiger partial charge on any atom is 0.340 e. The lowest BCUT2D eigenvalue weighted by Gasteiger charge is -2.44. The van der Waals surface area contributed by atoms with Crippen molar-refractivity contribution in [2.75, 3.05) is 0 Å². The van der Waals surface area contributed by atoms with Crippen LogP contribution in [-0.2, 0) is 14.0 Å². The number of aliphatic hydroxyl groups excluding tert-OH is 1. The molecule has 0 aromatic heterocycles. The molecule has 0 spiro atoms. The Morgan fingerprint density at radius 3 is 2.50 bits per heavy atom. The van der Waals surface area contributed by atoms with Crippen LogP contribution in [0.4, 0.5) is 0 Å². The highest BCUT2D eigenvalue weighted by Gasteiger charge is 2.64. The lowest BCUT2D eigenvalue weighted by Crippen LogP contribution is -2.61. The SMILES string of the molecule is CC(C)(C)[Si](C)(C)OC1C2CC(O)(C(=O)O2)C(Cl)C1O. The van der Waals surface area contributed by atoms with Crippen LogP contribution in [0, 0.1) is 0 Å². The van der Waals surface area contributed by atoms with Crippen LogP contribution in [0.25, 0.3) is 0 Å². The highest BCUT2D eigenvalue weighted by molar-refractivity contribution is 6.74. The van der Waals surface area contributed by atoms with Gasteiger partial charge in [0.2, 0.25) is 0 Å². The molecule has 1 aliphatic carbocycles.